The molecule has 0 radical (unpaired) electrons. The summed E-state index contributed by atoms with van der Waals surface area (Å²) in [5.74, 6) is 0.156. The molecule has 1 unspecified atom stereocenters. The van der Waals surface area contributed by atoms with Crippen LogP contribution in [-0.4, -0.2) is 6.61 Å². The Morgan fingerprint density at radius 3 is 2.00 bits per heavy atom. The Labute approximate surface area is 112 Å². The Kier molecular flexibility index (Phi) is 3.21. The minimum atomic E-state index is -1.85. The first-order chi connectivity index (χ1) is 8.77. The van der Waals surface area contributed by atoms with E-state index in [1.165, 1.54) is 22.3 Å². The molecule has 0 bridgehead atoms. The summed E-state index contributed by atoms with van der Waals surface area (Å²) in [4.78, 5) is 0. The molecule has 0 heterocycles. The first kappa shape index (κ1) is 11.9. The van der Waals surface area contributed by atoms with Crippen molar-refractivity contribution in [2.75, 3.05) is 6.61 Å². The number of fused-ring (bicyclic) bond motifs is 3. The van der Waals surface area contributed by atoms with Crippen molar-refractivity contribution < 1.29 is 9.09 Å². The molecule has 0 N–H and O–H groups in total. The van der Waals surface area contributed by atoms with Crippen LogP contribution >= 0.6 is 19.5 Å². The second kappa shape index (κ2) is 4.85. The van der Waals surface area contributed by atoms with Crippen LogP contribution in [0.25, 0.3) is 11.1 Å². The predicted octanol–water partition coefficient (Wildman–Crippen LogP) is 4.40. The molecule has 1 atom stereocenters. The number of rotatable bonds is 3. The maximum atomic E-state index is 11.0. The molecule has 0 aliphatic heterocycles. The zero-order valence-electron chi connectivity index (χ0n) is 9.61. The van der Waals surface area contributed by atoms with E-state index in [0.717, 1.165) is 0 Å². The van der Waals surface area contributed by atoms with Crippen LogP contribution in [0.15, 0.2) is 48.5 Å². The summed E-state index contributed by atoms with van der Waals surface area (Å²) in [7, 11) is -1.85. The summed E-state index contributed by atoms with van der Waals surface area (Å²) in [6.45, 7) is 0.409. The van der Waals surface area contributed by atoms with Crippen LogP contribution in [0.5, 0.6) is 0 Å². The first-order valence-corrected chi connectivity index (χ1v) is 8.07. The van der Waals surface area contributed by atoms with E-state index < -0.39 is 7.23 Å². The second-order valence-electron chi connectivity index (χ2n) is 4.26. The highest BCUT2D eigenvalue weighted by atomic mass is 32.7. The molecule has 0 saturated heterocycles. The summed E-state index contributed by atoms with van der Waals surface area (Å²) in [6, 6.07) is 16.6. The van der Waals surface area contributed by atoms with Gasteiger partial charge >= 0.3 is 7.23 Å². The van der Waals surface area contributed by atoms with Gasteiger partial charge in [-0.25, -0.2) is 0 Å². The Morgan fingerprint density at radius 1 is 1.00 bits per heavy atom. The van der Waals surface area contributed by atoms with Gasteiger partial charge in [0.1, 0.15) is 18.9 Å². The van der Waals surface area contributed by atoms with Gasteiger partial charge in [0.05, 0.1) is 0 Å². The van der Waals surface area contributed by atoms with E-state index in [2.05, 4.69) is 36.5 Å². The lowest BCUT2D eigenvalue weighted by Gasteiger charge is -2.08. The van der Waals surface area contributed by atoms with E-state index in [9.17, 15) is 4.57 Å². The van der Waals surface area contributed by atoms with E-state index in [1.807, 2.05) is 24.3 Å². The number of hydrogen-bond donors (Lipinski definition) is 1. The van der Waals surface area contributed by atoms with Gasteiger partial charge in [0.15, 0.2) is 0 Å². The number of thiol groups is 1. The zero-order chi connectivity index (χ0) is 12.5. The summed E-state index contributed by atoms with van der Waals surface area (Å²) < 4.78 is 16.2. The minimum absolute atomic E-state index is 0.156. The maximum Gasteiger partial charge on any atom is 0.582 e. The second-order valence-corrected chi connectivity index (χ2v) is 5.97. The van der Waals surface area contributed by atoms with Crippen molar-refractivity contribution in [3.05, 3.63) is 59.7 Å². The smallest absolute Gasteiger partial charge is 0.135 e. The Balaban J connectivity index is 2.06. The van der Waals surface area contributed by atoms with Crippen molar-refractivity contribution >= 4 is 19.5 Å². The van der Waals surface area contributed by atoms with Crippen LogP contribution in [0.2, 0.25) is 0 Å². The topological polar surface area (TPSA) is 26.3 Å². The number of hydrogen-bond acceptors (Lipinski definition) is 2. The van der Waals surface area contributed by atoms with E-state index >= 15 is 0 Å². The van der Waals surface area contributed by atoms with Gasteiger partial charge in [-0.2, -0.15) is 0 Å². The standard InChI is InChI=1S/C14H11O2PS/c15-17(18)16-9-14-12-7-3-1-5-10(12)11-6-2-4-8-13(11)14/h1-8,14H,9H2/p+1. The molecule has 18 heavy (non-hydrogen) atoms. The number of benzene rings is 2. The van der Waals surface area contributed by atoms with Gasteiger partial charge < -0.3 is 0 Å². The van der Waals surface area contributed by atoms with Gasteiger partial charge in [0.25, 0.3) is 0 Å². The fraction of sp³-hybridized carbons (Fsp3) is 0.143. The third kappa shape index (κ3) is 1.99. The Morgan fingerprint density at radius 2 is 1.50 bits per heavy atom. The van der Waals surface area contributed by atoms with E-state index in [4.69, 9.17) is 4.52 Å². The molecule has 0 spiro atoms. The van der Waals surface area contributed by atoms with Gasteiger partial charge in [0.2, 0.25) is 0 Å². The lowest BCUT2D eigenvalue weighted by Crippen LogP contribution is -2.03. The molecule has 0 amide bonds. The van der Waals surface area contributed by atoms with Crippen molar-refractivity contribution in [1.29, 1.82) is 0 Å². The highest BCUT2D eigenvalue weighted by molar-refractivity contribution is 8.39. The maximum absolute atomic E-state index is 11.0. The summed E-state index contributed by atoms with van der Waals surface area (Å²) in [5.41, 5.74) is 4.97. The molecule has 0 fully saturated rings. The summed E-state index contributed by atoms with van der Waals surface area (Å²) in [5, 5.41) is 0. The van der Waals surface area contributed by atoms with Crippen LogP contribution in [0.1, 0.15) is 17.0 Å². The Hall–Kier alpha value is -1.15. The van der Waals surface area contributed by atoms with Crippen LogP contribution in [-0.2, 0) is 9.09 Å². The lowest BCUT2D eigenvalue weighted by molar-refractivity contribution is 0.326. The molecule has 0 aromatic heterocycles. The van der Waals surface area contributed by atoms with Crippen LogP contribution in [0.3, 0.4) is 0 Å². The highest BCUT2D eigenvalue weighted by Crippen LogP contribution is 2.45. The normalized spacial score (nSPS) is 14.2. The first-order valence-electron chi connectivity index (χ1n) is 5.74. The third-order valence-corrected chi connectivity index (χ3v) is 4.03. The monoisotopic (exact) mass is 275 g/mol. The molecule has 0 saturated carbocycles. The van der Waals surface area contributed by atoms with Gasteiger partial charge in [0, 0.05) is 5.92 Å². The fourth-order valence-electron chi connectivity index (χ4n) is 2.58. The van der Waals surface area contributed by atoms with Crippen molar-refractivity contribution in [3.63, 3.8) is 0 Å². The van der Waals surface area contributed by atoms with Crippen LogP contribution in [0, 0.1) is 0 Å². The molecular weight excluding hydrogens is 263 g/mol. The average Bonchev–Trinajstić information content (AvgIpc) is 2.71. The quantitative estimate of drug-likeness (QED) is 0.663. The molecular formula is C14H12O2PS+. The molecule has 1 aliphatic rings. The van der Waals surface area contributed by atoms with Crippen molar-refractivity contribution in [2.24, 2.45) is 0 Å². The fourth-order valence-corrected chi connectivity index (χ4v) is 3.05. The van der Waals surface area contributed by atoms with Crippen molar-refractivity contribution in [2.45, 2.75) is 5.92 Å². The molecule has 1 aliphatic carbocycles. The van der Waals surface area contributed by atoms with Crippen molar-refractivity contribution in [1.82, 2.24) is 0 Å². The Bertz CT molecular complexity index is 567. The zero-order valence-corrected chi connectivity index (χ0v) is 11.4. The summed E-state index contributed by atoms with van der Waals surface area (Å²) >= 11 is 3.80. The average molecular weight is 275 g/mol. The lowest BCUT2D eigenvalue weighted by atomic mass is 9.98. The predicted molar refractivity (Wildman–Crippen MR) is 76.3 cm³/mol. The van der Waals surface area contributed by atoms with E-state index in [0.29, 0.717) is 6.61 Å². The molecule has 4 heteroatoms. The largest absolute Gasteiger partial charge is 0.582 e. The molecule has 3 rings (SSSR count). The van der Waals surface area contributed by atoms with E-state index in [1.54, 1.807) is 0 Å². The van der Waals surface area contributed by atoms with Gasteiger partial charge in [-0.15, -0.1) is 4.52 Å². The van der Waals surface area contributed by atoms with Gasteiger partial charge in [-0.05, 0) is 26.8 Å². The SMILES string of the molecule is O=[P+](S)OCC1c2ccccc2-c2ccccc21. The molecule has 2 nitrogen and oxygen atoms in total. The molecule has 2 aromatic rings. The molecule has 2 aromatic carbocycles. The highest BCUT2D eigenvalue weighted by Gasteiger charge is 2.30. The van der Waals surface area contributed by atoms with Gasteiger partial charge in [-0.3, -0.25) is 0 Å². The van der Waals surface area contributed by atoms with Gasteiger partial charge in [-0.1, -0.05) is 48.5 Å². The van der Waals surface area contributed by atoms with Crippen molar-refractivity contribution in [3.8, 4) is 11.1 Å². The van der Waals surface area contributed by atoms with Crippen LogP contribution < -0.4 is 0 Å². The van der Waals surface area contributed by atoms with Crippen LogP contribution in [0.4, 0.5) is 0 Å². The van der Waals surface area contributed by atoms with E-state index in [-0.39, 0.29) is 5.92 Å². The third-order valence-electron chi connectivity index (χ3n) is 3.31. The summed E-state index contributed by atoms with van der Waals surface area (Å²) in [6.07, 6.45) is 0. The minimum Gasteiger partial charge on any atom is -0.135 e. The molecule has 90 valence electrons.